The Hall–Kier alpha value is -2.93. The highest BCUT2D eigenvalue weighted by Crippen LogP contribution is 2.38. The van der Waals surface area contributed by atoms with Crippen molar-refractivity contribution in [1.29, 1.82) is 5.41 Å². The number of carbonyl (C=O) groups excluding carboxylic acids is 3. The van der Waals surface area contributed by atoms with Crippen molar-refractivity contribution >= 4 is 58.6 Å². The molecule has 40 heavy (non-hydrogen) atoms. The van der Waals surface area contributed by atoms with Crippen molar-refractivity contribution in [1.82, 2.24) is 0 Å². The topological polar surface area (TPSA) is 140 Å². The average molecular weight is 617 g/mol. The van der Waals surface area contributed by atoms with Crippen LogP contribution in [0.1, 0.15) is 27.6 Å². The maximum atomic E-state index is 13.2. The van der Waals surface area contributed by atoms with E-state index in [4.69, 9.17) is 73.4 Å². The molecule has 0 saturated carbocycles. The normalized spacial score (nSPS) is 28.0. The van der Waals surface area contributed by atoms with E-state index in [1.165, 1.54) is 31.2 Å². The van der Waals surface area contributed by atoms with Gasteiger partial charge in [-0.05, 0) is 24.3 Å². The molecule has 1 N–H and O–H groups in total. The minimum Gasteiger partial charge on any atom is -0.465 e. The second kappa shape index (κ2) is 12.3. The number of alkyl halides is 3. The summed E-state index contributed by atoms with van der Waals surface area (Å²) in [5.41, 5.74) is 0.327. The number of esters is 3. The molecule has 0 amide bonds. The van der Waals surface area contributed by atoms with Crippen LogP contribution in [0.25, 0.3) is 0 Å². The van der Waals surface area contributed by atoms with Gasteiger partial charge in [-0.25, -0.2) is 14.4 Å². The van der Waals surface area contributed by atoms with E-state index in [0.29, 0.717) is 0 Å². The maximum Gasteiger partial charge on any atom is 0.366 e. The first-order valence-electron chi connectivity index (χ1n) is 11.8. The molecule has 2 aromatic carbocycles. The van der Waals surface area contributed by atoms with Gasteiger partial charge in [0.2, 0.25) is 18.3 Å². The Bertz CT molecular complexity index is 1240. The van der Waals surface area contributed by atoms with Crippen LogP contribution in [-0.4, -0.2) is 77.8 Å². The minimum absolute atomic E-state index is 0.153. The first-order chi connectivity index (χ1) is 18.9. The van der Waals surface area contributed by atoms with Crippen LogP contribution in [-0.2, 0) is 38.0 Å². The average Bonchev–Trinajstić information content (AvgIpc) is 2.94. The molecule has 0 spiro atoms. The fourth-order valence-corrected chi connectivity index (χ4v) is 4.18. The number of ether oxygens (including phenoxy) is 7. The van der Waals surface area contributed by atoms with E-state index in [1.54, 1.807) is 36.4 Å². The lowest BCUT2D eigenvalue weighted by molar-refractivity contribution is -0.370. The fourth-order valence-electron chi connectivity index (χ4n) is 4.05. The van der Waals surface area contributed by atoms with E-state index in [9.17, 15) is 14.4 Å². The molecule has 14 heteroatoms. The quantitative estimate of drug-likeness (QED) is 0.167. The molecule has 214 valence electrons. The van der Waals surface area contributed by atoms with Crippen molar-refractivity contribution < 1.29 is 47.5 Å². The van der Waals surface area contributed by atoms with Gasteiger partial charge in [0.15, 0.2) is 6.10 Å². The van der Waals surface area contributed by atoms with E-state index in [1.807, 2.05) is 0 Å². The minimum atomic E-state index is -2.30. The van der Waals surface area contributed by atoms with Gasteiger partial charge >= 0.3 is 17.9 Å². The van der Waals surface area contributed by atoms with Crippen LogP contribution >= 0.6 is 34.8 Å². The summed E-state index contributed by atoms with van der Waals surface area (Å²) in [4.78, 5) is 38.8. The first kappa shape index (κ1) is 30.0. The second-order valence-corrected chi connectivity index (χ2v) is 11.1. The molecule has 2 fully saturated rings. The molecule has 1 unspecified atom stereocenters. The van der Waals surface area contributed by atoms with Gasteiger partial charge in [-0.3, -0.25) is 5.41 Å². The third kappa shape index (κ3) is 6.68. The Balaban J connectivity index is 1.74. The van der Waals surface area contributed by atoms with Gasteiger partial charge in [0.1, 0.15) is 12.2 Å². The summed E-state index contributed by atoms with van der Waals surface area (Å²) in [6, 6.07) is 15.9. The van der Waals surface area contributed by atoms with E-state index in [2.05, 4.69) is 0 Å². The maximum absolute atomic E-state index is 13.2. The van der Waals surface area contributed by atoms with Crippen LogP contribution in [0.5, 0.6) is 0 Å². The molecule has 0 bridgehead atoms. The smallest absolute Gasteiger partial charge is 0.366 e. The van der Waals surface area contributed by atoms with Crippen molar-refractivity contribution in [2.75, 3.05) is 13.7 Å². The van der Waals surface area contributed by atoms with Crippen LogP contribution in [0, 0.1) is 5.41 Å². The molecule has 6 atom stereocenters. The fraction of sp³-hybridized carbons (Fsp3) is 0.385. The van der Waals surface area contributed by atoms with E-state index in [-0.39, 0.29) is 17.7 Å². The zero-order chi connectivity index (χ0) is 29.1. The molecular weight excluding hydrogens is 593 g/mol. The van der Waals surface area contributed by atoms with Gasteiger partial charge in [-0.1, -0.05) is 71.2 Å². The lowest BCUT2D eigenvalue weighted by Crippen LogP contribution is -2.68. The van der Waals surface area contributed by atoms with Crippen LogP contribution in [0.15, 0.2) is 60.7 Å². The van der Waals surface area contributed by atoms with Crippen LogP contribution in [0.3, 0.4) is 0 Å². The van der Waals surface area contributed by atoms with Crippen LogP contribution in [0.2, 0.25) is 0 Å². The Morgan fingerprint density at radius 3 is 1.93 bits per heavy atom. The number of halogens is 3. The Morgan fingerprint density at radius 2 is 1.43 bits per heavy atom. The lowest BCUT2D eigenvalue weighted by Gasteiger charge is -2.49. The van der Waals surface area contributed by atoms with Crippen LogP contribution < -0.4 is 0 Å². The zero-order valence-electron chi connectivity index (χ0n) is 21.1. The Kier molecular flexibility index (Phi) is 9.23. The Morgan fingerprint density at radius 1 is 0.900 bits per heavy atom. The number of carbonyl (C=O) groups is 3. The molecule has 2 heterocycles. The highest BCUT2D eigenvalue weighted by atomic mass is 35.6. The van der Waals surface area contributed by atoms with Crippen LogP contribution in [0.4, 0.5) is 0 Å². The van der Waals surface area contributed by atoms with E-state index < -0.39 is 64.1 Å². The van der Waals surface area contributed by atoms with Crippen molar-refractivity contribution in [3.63, 3.8) is 0 Å². The van der Waals surface area contributed by atoms with Gasteiger partial charge in [-0.2, -0.15) is 0 Å². The summed E-state index contributed by atoms with van der Waals surface area (Å²) in [6.07, 6.45) is -6.94. The first-order valence-corrected chi connectivity index (χ1v) is 13.0. The Labute approximate surface area is 243 Å². The second-order valence-electron chi connectivity index (χ2n) is 8.79. The third-order valence-corrected chi connectivity index (χ3v) is 6.54. The zero-order valence-corrected chi connectivity index (χ0v) is 23.4. The van der Waals surface area contributed by atoms with Crippen molar-refractivity contribution in [2.24, 2.45) is 0 Å². The van der Waals surface area contributed by atoms with Gasteiger partial charge in [0, 0.05) is 6.92 Å². The standard InChI is InChI=1S/C26H24Cl3NO10/c1-25(24(33)34-2)35-13-16-17(40-25)18(37-20(31)14-9-5-3-6-10-14)19(22(36-16)39-23(30)26(27,28)29)38-21(32)15-11-7-4-8-12-15/h3-12,16-19,22,30H,13H2,1-2H3/t16-,17-,18+,19-,22?,25+/m1/s1. The monoisotopic (exact) mass is 615 g/mol. The summed E-state index contributed by atoms with van der Waals surface area (Å²) >= 11 is 17.4. The summed E-state index contributed by atoms with van der Waals surface area (Å²) in [5, 5.41) is 8.06. The number of benzene rings is 2. The number of fused-ring (bicyclic) bond motifs is 1. The third-order valence-electron chi connectivity index (χ3n) is 6.03. The molecular formula is C26H24Cl3NO10. The van der Waals surface area contributed by atoms with Crippen molar-refractivity contribution in [2.45, 2.75) is 47.2 Å². The highest BCUT2D eigenvalue weighted by Gasteiger charge is 2.59. The number of hydrogen-bond donors (Lipinski definition) is 1. The summed E-state index contributed by atoms with van der Waals surface area (Å²) < 4.78 is 37.0. The predicted octanol–water partition coefficient (Wildman–Crippen LogP) is 3.83. The van der Waals surface area contributed by atoms with E-state index >= 15 is 0 Å². The molecule has 4 rings (SSSR count). The largest absolute Gasteiger partial charge is 0.465 e. The highest BCUT2D eigenvalue weighted by molar-refractivity contribution is 6.76. The molecule has 0 aromatic heterocycles. The SMILES string of the molecule is COC(=O)[C@@]1(C)OC[C@H]2OC(OC(=N)C(Cl)(Cl)Cl)[C@H](OC(=O)c3ccccc3)[C@@H](OC(=O)c3ccccc3)[C@@H]2O1. The molecule has 2 aliphatic rings. The molecule has 2 saturated heterocycles. The summed E-state index contributed by atoms with van der Waals surface area (Å²) in [7, 11) is 1.15. The lowest BCUT2D eigenvalue weighted by atomic mass is 9.96. The molecule has 2 aliphatic heterocycles. The molecule has 0 radical (unpaired) electrons. The molecule has 11 nitrogen and oxygen atoms in total. The predicted molar refractivity (Wildman–Crippen MR) is 140 cm³/mol. The van der Waals surface area contributed by atoms with Gasteiger partial charge in [-0.15, -0.1) is 0 Å². The molecule has 2 aromatic rings. The van der Waals surface area contributed by atoms with Gasteiger partial charge in [0.05, 0.1) is 24.8 Å². The number of hydrogen-bond acceptors (Lipinski definition) is 11. The number of methoxy groups -OCH3 is 1. The summed E-state index contributed by atoms with van der Waals surface area (Å²) in [5.74, 6) is -5.29. The van der Waals surface area contributed by atoms with Crippen molar-refractivity contribution in [3.8, 4) is 0 Å². The number of rotatable bonds is 6. The number of nitrogens with one attached hydrogen (secondary N) is 1. The van der Waals surface area contributed by atoms with E-state index in [0.717, 1.165) is 7.11 Å². The van der Waals surface area contributed by atoms with Gasteiger partial charge in [0.25, 0.3) is 9.58 Å². The summed E-state index contributed by atoms with van der Waals surface area (Å²) in [6.45, 7) is 1.05. The molecule has 0 aliphatic carbocycles. The van der Waals surface area contributed by atoms with Gasteiger partial charge < -0.3 is 33.2 Å². The van der Waals surface area contributed by atoms with Crippen molar-refractivity contribution in [3.05, 3.63) is 71.8 Å².